The fourth-order valence-corrected chi connectivity index (χ4v) is 1.46. The standard InChI is InChI=1S/C4H8N2O4S/c1-6-2-3(5-4(6)7)11(8,9)10/h3H,2H2,1H3,(H,5,7)(H,8,9,10). The van der Waals surface area contributed by atoms with E-state index in [1.165, 1.54) is 11.9 Å². The van der Waals surface area contributed by atoms with Gasteiger partial charge in [0.15, 0.2) is 5.37 Å². The van der Waals surface area contributed by atoms with Crippen LogP contribution in [0.1, 0.15) is 0 Å². The van der Waals surface area contributed by atoms with Crippen LogP contribution in [0.5, 0.6) is 0 Å². The first-order valence-corrected chi connectivity index (χ1v) is 4.39. The predicted molar refractivity (Wildman–Crippen MR) is 36.5 cm³/mol. The third-order valence-corrected chi connectivity index (χ3v) is 2.42. The van der Waals surface area contributed by atoms with E-state index in [1.54, 1.807) is 0 Å². The summed E-state index contributed by atoms with van der Waals surface area (Å²) >= 11 is 0. The number of nitrogens with zero attached hydrogens (tertiary/aromatic N) is 1. The Bertz CT molecular complexity index is 272. The van der Waals surface area contributed by atoms with Crippen LogP contribution in [-0.2, 0) is 10.1 Å². The van der Waals surface area contributed by atoms with Crippen LogP contribution < -0.4 is 5.32 Å². The largest absolute Gasteiger partial charge is 0.325 e. The second kappa shape index (κ2) is 2.35. The molecule has 2 N–H and O–H groups in total. The van der Waals surface area contributed by atoms with Crippen LogP contribution in [0.25, 0.3) is 0 Å². The molecule has 0 aromatic rings. The van der Waals surface area contributed by atoms with Crippen molar-refractivity contribution in [3.05, 3.63) is 0 Å². The lowest BCUT2D eigenvalue weighted by molar-refractivity contribution is 0.226. The van der Waals surface area contributed by atoms with E-state index in [-0.39, 0.29) is 6.54 Å². The second-order valence-corrected chi connectivity index (χ2v) is 3.93. The first-order chi connectivity index (χ1) is 4.91. The fraction of sp³-hybridized carbons (Fsp3) is 0.750. The van der Waals surface area contributed by atoms with Crippen LogP contribution in [-0.4, -0.2) is 42.9 Å². The molecule has 1 heterocycles. The van der Waals surface area contributed by atoms with Crippen LogP contribution in [0, 0.1) is 0 Å². The summed E-state index contributed by atoms with van der Waals surface area (Å²) in [6.45, 7) is -0.0162. The molecule has 64 valence electrons. The maximum atomic E-state index is 10.7. The molecule has 1 aliphatic rings. The van der Waals surface area contributed by atoms with E-state index < -0.39 is 21.5 Å². The molecule has 0 aliphatic carbocycles. The molecule has 2 amide bonds. The molecule has 6 nitrogen and oxygen atoms in total. The van der Waals surface area contributed by atoms with Gasteiger partial charge in [0.05, 0.1) is 6.54 Å². The summed E-state index contributed by atoms with van der Waals surface area (Å²) in [4.78, 5) is 11.8. The zero-order valence-electron chi connectivity index (χ0n) is 5.81. The van der Waals surface area contributed by atoms with Gasteiger partial charge >= 0.3 is 6.03 Å². The number of hydrogen-bond donors (Lipinski definition) is 2. The molecule has 1 unspecified atom stereocenters. The second-order valence-electron chi connectivity index (χ2n) is 2.33. The molecule has 1 fully saturated rings. The molecule has 0 aromatic carbocycles. The Balaban J connectivity index is 2.77. The average molecular weight is 180 g/mol. The van der Waals surface area contributed by atoms with Gasteiger partial charge in [-0.25, -0.2) is 4.79 Å². The summed E-state index contributed by atoms with van der Waals surface area (Å²) in [6.07, 6.45) is 0. The highest BCUT2D eigenvalue weighted by molar-refractivity contribution is 7.86. The minimum absolute atomic E-state index is 0.0162. The molecule has 0 spiro atoms. The van der Waals surface area contributed by atoms with Crippen molar-refractivity contribution in [2.24, 2.45) is 0 Å². The van der Waals surface area contributed by atoms with Crippen LogP contribution in [0.15, 0.2) is 0 Å². The van der Waals surface area contributed by atoms with Gasteiger partial charge in [-0.05, 0) is 0 Å². The van der Waals surface area contributed by atoms with Gasteiger partial charge < -0.3 is 10.2 Å². The van der Waals surface area contributed by atoms with Crippen LogP contribution in [0.2, 0.25) is 0 Å². The summed E-state index contributed by atoms with van der Waals surface area (Å²) in [7, 11) is -2.70. The van der Waals surface area contributed by atoms with Crippen molar-refractivity contribution in [3.63, 3.8) is 0 Å². The lowest BCUT2D eigenvalue weighted by Gasteiger charge is -2.04. The topological polar surface area (TPSA) is 86.7 Å². The van der Waals surface area contributed by atoms with E-state index in [1.807, 2.05) is 0 Å². The van der Waals surface area contributed by atoms with Gasteiger partial charge in [-0.15, -0.1) is 0 Å². The Labute approximate surface area is 63.9 Å². The van der Waals surface area contributed by atoms with Gasteiger partial charge in [-0.2, -0.15) is 8.42 Å². The Morgan fingerprint density at radius 2 is 2.27 bits per heavy atom. The molecular weight excluding hydrogens is 172 g/mol. The van der Waals surface area contributed by atoms with Crippen LogP contribution in [0.3, 0.4) is 0 Å². The van der Waals surface area contributed by atoms with Gasteiger partial charge in [0.2, 0.25) is 0 Å². The van der Waals surface area contributed by atoms with Gasteiger partial charge in [-0.1, -0.05) is 0 Å². The number of amides is 2. The number of carbonyl (C=O) groups excluding carboxylic acids is 1. The van der Waals surface area contributed by atoms with Crippen molar-refractivity contribution in [3.8, 4) is 0 Å². The summed E-state index contributed by atoms with van der Waals surface area (Å²) in [5, 5.41) is 0.912. The highest BCUT2D eigenvalue weighted by atomic mass is 32.2. The molecule has 1 aliphatic heterocycles. The zero-order chi connectivity index (χ0) is 8.65. The molecule has 0 saturated carbocycles. The summed E-state index contributed by atoms with van der Waals surface area (Å²) in [5.74, 6) is 0. The van der Waals surface area contributed by atoms with E-state index >= 15 is 0 Å². The monoisotopic (exact) mass is 180 g/mol. The molecule has 0 bridgehead atoms. The van der Waals surface area contributed by atoms with E-state index in [0.717, 1.165) is 0 Å². The van der Waals surface area contributed by atoms with Crippen molar-refractivity contribution in [2.75, 3.05) is 13.6 Å². The lowest BCUT2D eigenvalue weighted by atomic mass is 10.6. The summed E-state index contributed by atoms with van der Waals surface area (Å²) < 4.78 is 29.4. The average Bonchev–Trinajstić information content (AvgIpc) is 2.11. The van der Waals surface area contributed by atoms with Crippen molar-refractivity contribution in [1.82, 2.24) is 10.2 Å². The highest BCUT2D eigenvalue weighted by Gasteiger charge is 2.34. The number of rotatable bonds is 1. The van der Waals surface area contributed by atoms with E-state index in [4.69, 9.17) is 4.55 Å². The Kier molecular flexibility index (Phi) is 1.77. The number of likely N-dealkylation sites (N-methyl/N-ethyl adjacent to an activating group) is 1. The fourth-order valence-electron chi connectivity index (χ4n) is 0.794. The number of carbonyl (C=O) groups is 1. The number of urea groups is 1. The zero-order valence-corrected chi connectivity index (χ0v) is 6.63. The van der Waals surface area contributed by atoms with E-state index in [9.17, 15) is 13.2 Å². The van der Waals surface area contributed by atoms with Gasteiger partial charge in [0.1, 0.15) is 0 Å². The highest BCUT2D eigenvalue weighted by Crippen LogP contribution is 2.05. The number of nitrogens with one attached hydrogen (secondary N) is 1. The van der Waals surface area contributed by atoms with E-state index in [2.05, 4.69) is 5.32 Å². The summed E-state index contributed by atoms with van der Waals surface area (Å²) in [5.41, 5.74) is 0. The Morgan fingerprint density at radius 3 is 2.45 bits per heavy atom. The molecule has 7 heteroatoms. The van der Waals surface area contributed by atoms with Crippen molar-refractivity contribution in [1.29, 1.82) is 0 Å². The van der Waals surface area contributed by atoms with Crippen LogP contribution in [0.4, 0.5) is 4.79 Å². The predicted octanol–water partition coefficient (Wildman–Crippen LogP) is -1.14. The molecule has 1 saturated heterocycles. The maximum Gasteiger partial charge on any atom is 0.318 e. The van der Waals surface area contributed by atoms with Gasteiger partial charge in [0, 0.05) is 7.05 Å². The molecule has 1 rings (SSSR count). The smallest absolute Gasteiger partial charge is 0.318 e. The normalized spacial score (nSPS) is 25.5. The third-order valence-electron chi connectivity index (χ3n) is 1.43. The molecule has 1 atom stereocenters. The van der Waals surface area contributed by atoms with Crippen molar-refractivity contribution < 1.29 is 17.8 Å². The number of hydrogen-bond acceptors (Lipinski definition) is 3. The van der Waals surface area contributed by atoms with E-state index in [0.29, 0.717) is 0 Å². The first-order valence-electron chi connectivity index (χ1n) is 2.89. The minimum Gasteiger partial charge on any atom is -0.325 e. The quantitative estimate of drug-likeness (QED) is 0.499. The molecule has 0 aromatic heterocycles. The summed E-state index contributed by atoms with van der Waals surface area (Å²) in [6, 6.07) is -0.493. The molecule has 11 heavy (non-hydrogen) atoms. The first kappa shape index (κ1) is 8.28. The van der Waals surface area contributed by atoms with Crippen molar-refractivity contribution >= 4 is 16.1 Å². The maximum absolute atomic E-state index is 10.7. The SMILES string of the molecule is CN1CC(S(=O)(=O)O)NC1=O. The Hall–Kier alpha value is -0.820. The molecule has 0 radical (unpaired) electrons. The minimum atomic E-state index is -4.14. The molecular formula is C4H8N2O4S. The third kappa shape index (κ3) is 1.60. The van der Waals surface area contributed by atoms with Crippen LogP contribution >= 0.6 is 0 Å². The van der Waals surface area contributed by atoms with Crippen molar-refractivity contribution in [2.45, 2.75) is 5.37 Å². The van der Waals surface area contributed by atoms with Gasteiger partial charge in [-0.3, -0.25) is 4.55 Å². The lowest BCUT2D eigenvalue weighted by Crippen LogP contribution is -2.33. The van der Waals surface area contributed by atoms with Gasteiger partial charge in [0.25, 0.3) is 10.1 Å². The Morgan fingerprint density at radius 1 is 1.73 bits per heavy atom.